The molecule has 1 unspecified atom stereocenters. The predicted octanol–water partition coefficient (Wildman–Crippen LogP) is 1.11. The van der Waals surface area contributed by atoms with E-state index in [4.69, 9.17) is 0 Å². The van der Waals surface area contributed by atoms with E-state index in [0.29, 0.717) is 18.5 Å². The Labute approximate surface area is 142 Å². The number of likely N-dealkylation sites (N-methyl/N-ethyl adjacent to an activating group) is 1. The highest BCUT2D eigenvalue weighted by molar-refractivity contribution is 5.97. The second-order valence-electron chi connectivity index (χ2n) is 6.46. The lowest BCUT2D eigenvalue weighted by molar-refractivity contribution is -0.141. The van der Waals surface area contributed by atoms with Gasteiger partial charge in [0.05, 0.1) is 6.54 Å². The van der Waals surface area contributed by atoms with Crippen LogP contribution in [0.1, 0.15) is 34.3 Å². The smallest absolute Gasteiger partial charge is 0.251 e. The van der Waals surface area contributed by atoms with E-state index in [2.05, 4.69) is 5.32 Å². The molecule has 1 aliphatic rings. The third-order valence-electron chi connectivity index (χ3n) is 4.47. The number of nitrogens with zero attached hydrogens (tertiary/aromatic N) is 2. The minimum absolute atomic E-state index is 0.0682. The molecule has 1 atom stereocenters. The summed E-state index contributed by atoms with van der Waals surface area (Å²) in [4.78, 5) is 39.8. The van der Waals surface area contributed by atoms with E-state index in [-0.39, 0.29) is 24.3 Å². The molecule has 2 rings (SSSR count). The van der Waals surface area contributed by atoms with Crippen LogP contribution in [0, 0.1) is 13.8 Å². The minimum atomic E-state index is -0.411. The molecule has 1 aromatic carbocycles. The molecule has 0 saturated carbocycles. The predicted molar refractivity (Wildman–Crippen MR) is 91.7 cm³/mol. The van der Waals surface area contributed by atoms with Crippen LogP contribution in [-0.4, -0.2) is 60.7 Å². The van der Waals surface area contributed by atoms with Crippen LogP contribution >= 0.6 is 0 Å². The van der Waals surface area contributed by atoms with Crippen molar-refractivity contribution in [2.75, 3.05) is 27.2 Å². The lowest BCUT2D eigenvalue weighted by Gasteiger charge is -2.26. The largest absolute Gasteiger partial charge is 0.347 e. The first-order chi connectivity index (χ1) is 11.3. The van der Waals surface area contributed by atoms with Gasteiger partial charge < -0.3 is 15.1 Å². The van der Waals surface area contributed by atoms with E-state index < -0.39 is 6.04 Å². The molecule has 6 heteroatoms. The molecule has 0 aliphatic carbocycles. The summed E-state index contributed by atoms with van der Waals surface area (Å²) in [5.41, 5.74) is 2.68. The van der Waals surface area contributed by atoms with Gasteiger partial charge in [-0.1, -0.05) is 6.07 Å². The standard InChI is InChI=1S/C18H25N3O3/c1-12-7-8-14(10-13(12)2)17(23)19-11-16(22)21-9-5-6-15(21)18(24)20(3)4/h7-8,10,15H,5-6,9,11H2,1-4H3,(H,19,23). The number of likely N-dealkylation sites (tertiary alicyclic amines) is 1. The van der Waals surface area contributed by atoms with Crippen LogP contribution in [0.4, 0.5) is 0 Å². The fourth-order valence-corrected chi connectivity index (χ4v) is 2.86. The molecule has 1 saturated heterocycles. The van der Waals surface area contributed by atoms with Gasteiger partial charge in [-0.3, -0.25) is 14.4 Å². The van der Waals surface area contributed by atoms with Gasteiger partial charge in [0.15, 0.2) is 0 Å². The first-order valence-corrected chi connectivity index (χ1v) is 8.17. The van der Waals surface area contributed by atoms with Crippen molar-refractivity contribution in [3.8, 4) is 0 Å². The molecule has 1 fully saturated rings. The van der Waals surface area contributed by atoms with Gasteiger partial charge >= 0.3 is 0 Å². The summed E-state index contributed by atoms with van der Waals surface area (Å²) in [6.45, 7) is 4.39. The van der Waals surface area contributed by atoms with E-state index in [1.165, 1.54) is 4.90 Å². The second kappa shape index (κ2) is 7.47. The SMILES string of the molecule is Cc1ccc(C(=O)NCC(=O)N2CCCC2C(=O)N(C)C)cc1C. The maximum Gasteiger partial charge on any atom is 0.251 e. The van der Waals surface area contributed by atoms with Crippen molar-refractivity contribution in [1.82, 2.24) is 15.1 Å². The summed E-state index contributed by atoms with van der Waals surface area (Å²) < 4.78 is 0. The Balaban J connectivity index is 1.95. The zero-order chi connectivity index (χ0) is 17.9. The molecule has 3 amide bonds. The van der Waals surface area contributed by atoms with Crippen molar-refractivity contribution in [1.29, 1.82) is 0 Å². The monoisotopic (exact) mass is 331 g/mol. The van der Waals surface area contributed by atoms with Crippen LogP contribution in [0.25, 0.3) is 0 Å². The summed E-state index contributed by atoms with van der Waals surface area (Å²) in [5, 5.41) is 2.66. The molecular weight excluding hydrogens is 306 g/mol. The minimum Gasteiger partial charge on any atom is -0.347 e. The number of carbonyl (C=O) groups excluding carboxylic acids is 3. The maximum atomic E-state index is 12.4. The van der Waals surface area contributed by atoms with Crippen LogP contribution in [0.15, 0.2) is 18.2 Å². The van der Waals surface area contributed by atoms with E-state index in [1.54, 1.807) is 25.1 Å². The van der Waals surface area contributed by atoms with E-state index in [0.717, 1.165) is 17.5 Å². The average molecular weight is 331 g/mol. The summed E-state index contributed by atoms with van der Waals surface area (Å²) >= 11 is 0. The number of nitrogens with one attached hydrogen (secondary N) is 1. The van der Waals surface area contributed by atoms with Crippen LogP contribution < -0.4 is 5.32 Å². The highest BCUT2D eigenvalue weighted by atomic mass is 16.2. The highest BCUT2D eigenvalue weighted by Crippen LogP contribution is 2.18. The maximum absolute atomic E-state index is 12.4. The van der Waals surface area contributed by atoms with Gasteiger partial charge in [0, 0.05) is 26.2 Å². The number of hydrogen-bond donors (Lipinski definition) is 1. The van der Waals surface area contributed by atoms with Crippen LogP contribution in [-0.2, 0) is 9.59 Å². The van der Waals surface area contributed by atoms with Crippen molar-refractivity contribution in [2.45, 2.75) is 32.7 Å². The van der Waals surface area contributed by atoms with Crippen molar-refractivity contribution < 1.29 is 14.4 Å². The second-order valence-corrected chi connectivity index (χ2v) is 6.46. The molecule has 0 spiro atoms. The molecule has 1 aromatic rings. The van der Waals surface area contributed by atoms with Crippen molar-refractivity contribution >= 4 is 17.7 Å². The van der Waals surface area contributed by atoms with Crippen molar-refractivity contribution in [3.63, 3.8) is 0 Å². The van der Waals surface area contributed by atoms with Crippen LogP contribution in [0.5, 0.6) is 0 Å². The Kier molecular flexibility index (Phi) is 5.59. The van der Waals surface area contributed by atoms with E-state index >= 15 is 0 Å². The van der Waals surface area contributed by atoms with Gasteiger partial charge in [0.2, 0.25) is 11.8 Å². The summed E-state index contributed by atoms with van der Waals surface area (Å²) in [7, 11) is 3.37. The lowest BCUT2D eigenvalue weighted by Crippen LogP contribution is -2.48. The Morgan fingerprint density at radius 2 is 1.92 bits per heavy atom. The molecule has 130 valence electrons. The topological polar surface area (TPSA) is 69.7 Å². The van der Waals surface area contributed by atoms with Gasteiger partial charge in [0.25, 0.3) is 5.91 Å². The zero-order valence-electron chi connectivity index (χ0n) is 14.8. The molecule has 0 aromatic heterocycles. The van der Waals surface area contributed by atoms with E-state index in [9.17, 15) is 14.4 Å². The van der Waals surface area contributed by atoms with Crippen LogP contribution in [0.3, 0.4) is 0 Å². The number of carbonyl (C=O) groups is 3. The summed E-state index contributed by atoms with van der Waals surface area (Å²) in [5.74, 6) is -0.563. The molecular formula is C18H25N3O3. The molecule has 24 heavy (non-hydrogen) atoms. The zero-order valence-corrected chi connectivity index (χ0v) is 14.8. The number of aryl methyl sites for hydroxylation is 2. The van der Waals surface area contributed by atoms with Gasteiger partial charge in [-0.15, -0.1) is 0 Å². The van der Waals surface area contributed by atoms with E-state index in [1.807, 2.05) is 26.0 Å². The summed E-state index contributed by atoms with van der Waals surface area (Å²) in [6.07, 6.45) is 1.48. The molecule has 1 N–H and O–H groups in total. The first-order valence-electron chi connectivity index (χ1n) is 8.17. The Morgan fingerprint density at radius 1 is 1.21 bits per heavy atom. The third kappa shape index (κ3) is 3.93. The van der Waals surface area contributed by atoms with Gasteiger partial charge in [-0.2, -0.15) is 0 Å². The fourth-order valence-electron chi connectivity index (χ4n) is 2.86. The Bertz CT molecular complexity index is 655. The quantitative estimate of drug-likeness (QED) is 0.899. The van der Waals surface area contributed by atoms with Crippen molar-refractivity contribution in [2.24, 2.45) is 0 Å². The fraction of sp³-hybridized carbons (Fsp3) is 0.500. The van der Waals surface area contributed by atoms with Gasteiger partial charge in [-0.25, -0.2) is 0 Å². The normalized spacial score (nSPS) is 16.8. The number of benzene rings is 1. The Morgan fingerprint density at radius 3 is 2.54 bits per heavy atom. The number of amides is 3. The molecule has 6 nitrogen and oxygen atoms in total. The Hall–Kier alpha value is -2.37. The summed E-state index contributed by atoms with van der Waals surface area (Å²) in [6, 6.07) is 5.03. The average Bonchev–Trinajstić information content (AvgIpc) is 3.03. The molecule has 0 bridgehead atoms. The van der Waals surface area contributed by atoms with Gasteiger partial charge in [-0.05, 0) is 49.9 Å². The highest BCUT2D eigenvalue weighted by Gasteiger charge is 2.34. The molecule has 0 radical (unpaired) electrons. The number of hydrogen-bond acceptors (Lipinski definition) is 3. The number of rotatable bonds is 4. The van der Waals surface area contributed by atoms with Gasteiger partial charge in [0.1, 0.15) is 6.04 Å². The first kappa shape index (κ1) is 18.0. The lowest BCUT2D eigenvalue weighted by atomic mass is 10.1. The van der Waals surface area contributed by atoms with Crippen LogP contribution in [0.2, 0.25) is 0 Å². The third-order valence-corrected chi connectivity index (χ3v) is 4.47. The molecule has 1 aliphatic heterocycles. The van der Waals surface area contributed by atoms with Crippen molar-refractivity contribution in [3.05, 3.63) is 34.9 Å². The molecule has 1 heterocycles.